The van der Waals surface area contributed by atoms with Crippen LogP contribution in [0.5, 0.6) is 0 Å². The summed E-state index contributed by atoms with van der Waals surface area (Å²) in [5, 5.41) is 7.56. The molecule has 0 aliphatic carbocycles. The van der Waals surface area contributed by atoms with E-state index in [1.165, 1.54) is 5.56 Å². The summed E-state index contributed by atoms with van der Waals surface area (Å²) >= 11 is 0. The van der Waals surface area contributed by atoms with Gasteiger partial charge in [-0.25, -0.2) is 4.68 Å². The zero-order valence-electron chi connectivity index (χ0n) is 11.1. The molecular formula is C13H22N4. The SMILES string of the molecule is CC.CC.Nc1cn(Cc2ccccc2)nn1. The van der Waals surface area contributed by atoms with Crippen molar-refractivity contribution in [1.29, 1.82) is 0 Å². The highest BCUT2D eigenvalue weighted by molar-refractivity contribution is 5.21. The largest absolute Gasteiger partial charge is 0.381 e. The zero-order chi connectivity index (χ0) is 13.1. The van der Waals surface area contributed by atoms with Crippen LogP contribution in [0.3, 0.4) is 0 Å². The third-order valence-corrected chi connectivity index (χ3v) is 1.74. The molecule has 2 N–H and O–H groups in total. The van der Waals surface area contributed by atoms with E-state index in [-0.39, 0.29) is 0 Å². The monoisotopic (exact) mass is 234 g/mol. The molecule has 1 aromatic heterocycles. The Hall–Kier alpha value is -1.84. The van der Waals surface area contributed by atoms with Crippen LogP contribution in [0, 0.1) is 0 Å². The van der Waals surface area contributed by atoms with Crippen molar-refractivity contribution < 1.29 is 0 Å². The Morgan fingerprint density at radius 1 is 1.06 bits per heavy atom. The number of rotatable bonds is 2. The molecule has 17 heavy (non-hydrogen) atoms. The summed E-state index contributed by atoms with van der Waals surface area (Å²) in [6.45, 7) is 8.71. The number of benzene rings is 1. The maximum atomic E-state index is 5.44. The molecule has 4 nitrogen and oxygen atoms in total. The number of aromatic nitrogens is 3. The van der Waals surface area contributed by atoms with Crippen molar-refractivity contribution in [1.82, 2.24) is 15.0 Å². The van der Waals surface area contributed by atoms with E-state index >= 15 is 0 Å². The molecule has 0 amide bonds. The highest BCUT2D eigenvalue weighted by Crippen LogP contribution is 2.01. The van der Waals surface area contributed by atoms with Gasteiger partial charge in [0.2, 0.25) is 0 Å². The summed E-state index contributed by atoms with van der Waals surface area (Å²) in [6, 6.07) is 10.1. The Kier molecular flexibility index (Phi) is 8.37. The molecule has 0 radical (unpaired) electrons. The van der Waals surface area contributed by atoms with Crippen LogP contribution >= 0.6 is 0 Å². The molecule has 4 heteroatoms. The standard InChI is InChI=1S/C9H10N4.2C2H6/c10-9-7-13(12-11-9)6-8-4-2-1-3-5-8;2*1-2/h1-5,7H,6,10H2;2*1-2H3. The predicted octanol–water partition coefficient (Wildman–Crippen LogP) is 2.96. The summed E-state index contributed by atoms with van der Waals surface area (Å²) in [5.74, 6) is 0.455. The minimum atomic E-state index is 0.455. The van der Waals surface area contributed by atoms with E-state index in [4.69, 9.17) is 5.73 Å². The van der Waals surface area contributed by atoms with E-state index in [1.54, 1.807) is 10.9 Å². The van der Waals surface area contributed by atoms with Crippen molar-refractivity contribution in [3.8, 4) is 0 Å². The summed E-state index contributed by atoms with van der Waals surface area (Å²) in [5.41, 5.74) is 6.63. The van der Waals surface area contributed by atoms with Crippen LogP contribution in [0.1, 0.15) is 33.3 Å². The normalized spacial score (nSPS) is 8.47. The smallest absolute Gasteiger partial charge is 0.165 e. The van der Waals surface area contributed by atoms with Gasteiger partial charge in [-0.1, -0.05) is 63.2 Å². The molecule has 2 aromatic rings. The minimum Gasteiger partial charge on any atom is -0.381 e. The lowest BCUT2D eigenvalue weighted by molar-refractivity contribution is 0.650. The molecule has 0 saturated heterocycles. The van der Waals surface area contributed by atoms with Crippen molar-refractivity contribution >= 4 is 5.82 Å². The van der Waals surface area contributed by atoms with Crippen molar-refractivity contribution in [2.24, 2.45) is 0 Å². The van der Waals surface area contributed by atoms with Gasteiger partial charge in [0.25, 0.3) is 0 Å². The maximum absolute atomic E-state index is 5.44. The first kappa shape index (κ1) is 15.2. The van der Waals surface area contributed by atoms with Gasteiger partial charge in [-0.05, 0) is 5.56 Å². The Morgan fingerprint density at radius 3 is 2.12 bits per heavy atom. The molecule has 0 aliphatic heterocycles. The van der Waals surface area contributed by atoms with Crippen LogP contribution < -0.4 is 5.73 Å². The highest BCUT2D eigenvalue weighted by atomic mass is 15.4. The van der Waals surface area contributed by atoms with Crippen molar-refractivity contribution in [3.63, 3.8) is 0 Å². The van der Waals surface area contributed by atoms with E-state index in [1.807, 2.05) is 58.0 Å². The van der Waals surface area contributed by atoms with Gasteiger partial charge in [-0.15, -0.1) is 5.10 Å². The molecule has 0 spiro atoms. The fourth-order valence-electron chi connectivity index (χ4n) is 1.16. The number of nitrogen functional groups attached to an aromatic ring is 1. The first-order valence-corrected chi connectivity index (χ1v) is 6.04. The van der Waals surface area contributed by atoms with Gasteiger partial charge in [0.05, 0.1) is 12.7 Å². The predicted molar refractivity (Wildman–Crippen MR) is 72.7 cm³/mol. The van der Waals surface area contributed by atoms with Gasteiger partial charge in [0.1, 0.15) is 0 Å². The molecule has 0 unspecified atom stereocenters. The average Bonchev–Trinajstić information content (AvgIpc) is 2.81. The highest BCUT2D eigenvalue weighted by Gasteiger charge is 1.96. The molecule has 0 aliphatic rings. The Balaban J connectivity index is 0.000000581. The average molecular weight is 234 g/mol. The number of hydrogen-bond acceptors (Lipinski definition) is 3. The van der Waals surface area contributed by atoms with Gasteiger partial charge >= 0.3 is 0 Å². The Morgan fingerprint density at radius 2 is 1.65 bits per heavy atom. The quantitative estimate of drug-likeness (QED) is 0.869. The van der Waals surface area contributed by atoms with Crippen LogP contribution in [0.4, 0.5) is 5.82 Å². The molecule has 1 heterocycles. The van der Waals surface area contributed by atoms with Crippen LogP contribution in [0.2, 0.25) is 0 Å². The molecule has 2 rings (SSSR count). The van der Waals surface area contributed by atoms with Gasteiger partial charge in [-0.2, -0.15) is 0 Å². The van der Waals surface area contributed by atoms with E-state index in [0.717, 1.165) is 0 Å². The number of anilines is 1. The zero-order valence-corrected chi connectivity index (χ0v) is 11.1. The lowest BCUT2D eigenvalue weighted by Gasteiger charge is -1.98. The van der Waals surface area contributed by atoms with Crippen LogP contribution in [0.25, 0.3) is 0 Å². The third-order valence-electron chi connectivity index (χ3n) is 1.74. The van der Waals surface area contributed by atoms with Gasteiger partial charge in [0.15, 0.2) is 5.82 Å². The Bertz CT molecular complexity index is 381. The fourth-order valence-corrected chi connectivity index (χ4v) is 1.16. The van der Waals surface area contributed by atoms with Gasteiger partial charge in [-0.3, -0.25) is 0 Å². The van der Waals surface area contributed by atoms with Gasteiger partial charge in [0, 0.05) is 0 Å². The second-order valence-corrected chi connectivity index (χ2v) is 2.83. The number of hydrogen-bond donors (Lipinski definition) is 1. The Labute approximate surface area is 103 Å². The summed E-state index contributed by atoms with van der Waals surface area (Å²) < 4.78 is 1.71. The number of nitrogens with two attached hydrogens (primary N) is 1. The number of nitrogens with zero attached hydrogens (tertiary/aromatic N) is 3. The van der Waals surface area contributed by atoms with E-state index in [9.17, 15) is 0 Å². The van der Waals surface area contributed by atoms with Crippen LogP contribution in [0.15, 0.2) is 36.5 Å². The minimum absolute atomic E-state index is 0.455. The summed E-state index contributed by atoms with van der Waals surface area (Å²) in [7, 11) is 0. The summed E-state index contributed by atoms with van der Waals surface area (Å²) in [4.78, 5) is 0. The van der Waals surface area contributed by atoms with Crippen molar-refractivity contribution in [2.45, 2.75) is 34.2 Å². The lowest BCUT2D eigenvalue weighted by atomic mass is 10.2. The molecule has 94 valence electrons. The molecule has 1 aromatic carbocycles. The van der Waals surface area contributed by atoms with Crippen LogP contribution in [-0.2, 0) is 6.54 Å². The summed E-state index contributed by atoms with van der Waals surface area (Å²) in [6.07, 6.45) is 1.72. The van der Waals surface area contributed by atoms with E-state index in [0.29, 0.717) is 12.4 Å². The molecular weight excluding hydrogens is 212 g/mol. The first-order valence-electron chi connectivity index (χ1n) is 6.04. The second-order valence-electron chi connectivity index (χ2n) is 2.83. The van der Waals surface area contributed by atoms with Gasteiger partial charge < -0.3 is 5.73 Å². The van der Waals surface area contributed by atoms with Crippen LogP contribution in [-0.4, -0.2) is 15.0 Å². The fraction of sp³-hybridized carbons (Fsp3) is 0.385. The third kappa shape index (κ3) is 5.70. The van der Waals surface area contributed by atoms with Crippen molar-refractivity contribution in [3.05, 3.63) is 42.1 Å². The lowest BCUT2D eigenvalue weighted by Crippen LogP contribution is -1.99. The maximum Gasteiger partial charge on any atom is 0.165 e. The second kappa shape index (κ2) is 9.39. The molecule has 0 bridgehead atoms. The van der Waals surface area contributed by atoms with E-state index < -0.39 is 0 Å². The van der Waals surface area contributed by atoms with Crippen molar-refractivity contribution in [2.75, 3.05) is 5.73 Å². The topological polar surface area (TPSA) is 56.7 Å². The molecule has 0 saturated carbocycles. The first-order chi connectivity index (χ1) is 8.34. The molecule has 0 fully saturated rings. The van der Waals surface area contributed by atoms with E-state index in [2.05, 4.69) is 10.3 Å². The molecule has 0 atom stereocenters.